The van der Waals surface area contributed by atoms with E-state index < -0.39 is 12.0 Å². The number of hydrogen-bond acceptors (Lipinski definition) is 4. The molecule has 140 valence electrons. The SMILES string of the molecule is Cc1[nH]ncc1-c1ccc2cc(C(=O)C3COC3c3ccccc3F)[nH]c2n1. The number of aromatic nitrogens is 4. The average Bonchev–Trinajstić information content (AvgIpc) is 3.28. The molecule has 1 aliphatic rings. The molecule has 1 saturated heterocycles. The number of ketones is 1. The summed E-state index contributed by atoms with van der Waals surface area (Å²) in [6, 6.07) is 12.0. The number of aromatic amines is 2. The monoisotopic (exact) mass is 376 g/mol. The number of halogens is 1. The minimum Gasteiger partial charge on any atom is -0.372 e. The predicted octanol–water partition coefficient (Wildman–Crippen LogP) is 3.97. The molecule has 3 aromatic heterocycles. The number of fused-ring (bicyclic) bond motifs is 1. The minimum absolute atomic E-state index is 0.0986. The maximum atomic E-state index is 14.1. The number of pyridine rings is 1. The summed E-state index contributed by atoms with van der Waals surface area (Å²) < 4.78 is 19.6. The van der Waals surface area contributed by atoms with Crippen molar-refractivity contribution in [3.63, 3.8) is 0 Å². The van der Waals surface area contributed by atoms with Crippen molar-refractivity contribution < 1.29 is 13.9 Å². The van der Waals surface area contributed by atoms with Gasteiger partial charge in [0.15, 0.2) is 5.78 Å². The first-order valence-electron chi connectivity index (χ1n) is 9.02. The summed E-state index contributed by atoms with van der Waals surface area (Å²) in [4.78, 5) is 20.7. The number of benzene rings is 1. The number of carbonyl (C=O) groups excluding carboxylic acids is 1. The van der Waals surface area contributed by atoms with Gasteiger partial charge >= 0.3 is 0 Å². The Balaban J connectivity index is 1.45. The normalized spacial score (nSPS) is 18.9. The largest absolute Gasteiger partial charge is 0.372 e. The second kappa shape index (κ2) is 6.38. The van der Waals surface area contributed by atoms with E-state index in [1.165, 1.54) is 6.07 Å². The van der Waals surface area contributed by atoms with Crippen LogP contribution >= 0.6 is 0 Å². The highest BCUT2D eigenvalue weighted by molar-refractivity contribution is 6.01. The van der Waals surface area contributed by atoms with Gasteiger partial charge in [-0.15, -0.1) is 0 Å². The summed E-state index contributed by atoms with van der Waals surface area (Å²) in [7, 11) is 0. The number of nitrogens with zero attached hydrogens (tertiary/aromatic N) is 2. The molecule has 4 heterocycles. The van der Waals surface area contributed by atoms with Crippen molar-refractivity contribution in [1.29, 1.82) is 0 Å². The second-order valence-electron chi connectivity index (χ2n) is 6.97. The van der Waals surface area contributed by atoms with Gasteiger partial charge in [-0.2, -0.15) is 5.10 Å². The highest BCUT2D eigenvalue weighted by Gasteiger charge is 2.41. The third-order valence-electron chi connectivity index (χ3n) is 5.22. The molecule has 0 amide bonds. The van der Waals surface area contributed by atoms with Crippen LogP contribution in [0.15, 0.2) is 48.7 Å². The highest BCUT2D eigenvalue weighted by atomic mass is 19.1. The second-order valence-corrected chi connectivity index (χ2v) is 6.97. The topological polar surface area (TPSA) is 83.7 Å². The molecule has 28 heavy (non-hydrogen) atoms. The van der Waals surface area contributed by atoms with Crippen molar-refractivity contribution in [3.05, 3.63) is 71.4 Å². The zero-order chi connectivity index (χ0) is 19.3. The summed E-state index contributed by atoms with van der Waals surface area (Å²) in [5.41, 5.74) is 4.11. The third-order valence-corrected chi connectivity index (χ3v) is 5.22. The van der Waals surface area contributed by atoms with Crippen molar-refractivity contribution in [3.8, 4) is 11.3 Å². The Kier molecular flexibility index (Phi) is 3.84. The van der Waals surface area contributed by atoms with Crippen LogP contribution in [0.2, 0.25) is 0 Å². The standard InChI is InChI=1S/C21H17FN4O2/c1-11-14(9-23-26-11)17-7-6-12-8-18(25-21(12)24-17)19(27)15-10-28-20(15)13-4-2-3-5-16(13)22/h2-9,15,20H,10H2,1H3,(H,23,26)(H,24,25). The molecule has 2 unspecified atom stereocenters. The van der Waals surface area contributed by atoms with Crippen LogP contribution in [-0.4, -0.2) is 32.6 Å². The van der Waals surface area contributed by atoms with Gasteiger partial charge < -0.3 is 9.72 Å². The lowest BCUT2D eigenvalue weighted by Crippen LogP contribution is -2.39. The van der Waals surface area contributed by atoms with Crippen molar-refractivity contribution in [1.82, 2.24) is 20.2 Å². The predicted molar refractivity (Wildman–Crippen MR) is 101 cm³/mol. The number of aryl methyl sites for hydroxylation is 1. The zero-order valence-electron chi connectivity index (χ0n) is 15.1. The van der Waals surface area contributed by atoms with Gasteiger partial charge in [-0.25, -0.2) is 9.37 Å². The van der Waals surface area contributed by atoms with E-state index in [9.17, 15) is 9.18 Å². The van der Waals surface area contributed by atoms with Gasteiger partial charge in [0.25, 0.3) is 0 Å². The van der Waals surface area contributed by atoms with Crippen LogP contribution in [-0.2, 0) is 4.74 Å². The molecule has 1 fully saturated rings. The molecule has 5 rings (SSSR count). The molecule has 0 radical (unpaired) electrons. The van der Waals surface area contributed by atoms with Gasteiger partial charge in [-0.1, -0.05) is 18.2 Å². The number of rotatable bonds is 4. The van der Waals surface area contributed by atoms with Crippen LogP contribution in [0.3, 0.4) is 0 Å². The van der Waals surface area contributed by atoms with E-state index in [-0.39, 0.29) is 18.2 Å². The molecular weight excluding hydrogens is 359 g/mol. The van der Waals surface area contributed by atoms with Gasteiger partial charge in [-0.3, -0.25) is 9.89 Å². The third kappa shape index (κ3) is 2.63. The summed E-state index contributed by atoms with van der Waals surface area (Å²) in [6.07, 6.45) is 1.17. The van der Waals surface area contributed by atoms with E-state index in [0.29, 0.717) is 16.9 Å². The van der Waals surface area contributed by atoms with Crippen LogP contribution in [0, 0.1) is 18.7 Å². The first kappa shape index (κ1) is 16.8. The molecular formula is C21H17FN4O2. The van der Waals surface area contributed by atoms with Crippen LogP contribution in [0.1, 0.15) is 27.8 Å². The molecule has 6 nitrogen and oxygen atoms in total. The molecule has 4 aromatic rings. The number of ether oxygens (including phenoxy) is 1. The number of nitrogens with one attached hydrogen (secondary N) is 2. The van der Waals surface area contributed by atoms with Gasteiger partial charge in [0.1, 0.15) is 11.5 Å². The lowest BCUT2D eigenvalue weighted by atomic mass is 9.86. The molecule has 2 N–H and O–H groups in total. The summed E-state index contributed by atoms with van der Waals surface area (Å²) in [6.45, 7) is 2.21. The first-order valence-corrected chi connectivity index (χ1v) is 9.02. The summed E-state index contributed by atoms with van der Waals surface area (Å²) >= 11 is 0. The van der Waals surface area contributed by atoms with Crippen molar-refractivity contribution >= 4 is 16.8 Å². The fourth-order valence-corrected chi connectivity index (χ4v) is 3.61. The Morgan fingerprint density at radius 2 is 2.11 bits per heavy atom. The van der Waals surface area contributed by atoms with Gasteiger partial charge in [0, 0.05) is 22.2 Å². The average molecular weight is 376 g/mol. The van der Waals surface area contributed by atoms with Crippen LogP contribution < -0.4 is 0 Å². The van der Waals surface area contributed by atoms with E-state index >= 15 is 0 Å². The Morgan fingerprint density at radius 1 is 1.25 bits per heavy atom. The smallest absolute Gasteiger partial charge is 0.187 e. The Labute approximate surface area is 159 Å². The number of hydrogen-bond donors (Lipinski definition) is 2. The van der Waals surface area contributed by atoms with Gasteiger partial charge in [-0.05, 0) is 31.2 Å². The number of H-pyrrole nitrogens is 2. The number of Topliss-reactive ketones (excluding diaryl/α,β-unsaturated/α-hetero) is 1. The molecule has 1 aromatic carbocycles. The number of carbonyl (C=O) groups is 1. The Bertz CT molecular complexity index is 1200. The molecule has 0 spiro atoms. The molecule has 1 aliphatic heterocycles. The molecule has 2 atom stereocenters. The lowest BCUT2D eigenvalue weighted by Gasteiger charge is -2.35. The Morgan fingerprint density at radius 3 is 2.82 bits per heavy atom. The van der Waals surface area contributed by atoms with Crippen LogP contribution in [0.5, 0.6) is 0 Å². The molecule has 7 heteroatoms. The molecule has 0 aliphatic carbocycles. The van der Waals surface area contributed by atoms with Crippen LogP contribution in [0.25, 0.3) is 22.3 Å². The summed E-state index contributed by atoms with van der Waals surface area (Å²) in [5, 5.41) is 7.76. The van der Waals surface area contributed by atoms with Gasteiger partial charge in [0.2, 0.25) is 0 Å². The van der Waals surface area contributed by atoms with E-state index in [4.69, 9.17) is 4.74 Å². The van der Waals surface area contributed by atoms with Crippen molar-refractivity contribution in [2.45, 2.75) is 13.0 Å². The lowest BCUT2D eigenvalue weighted by molar-refractivity contribution is -0.1000. The van der Waals surface area contributed by atoms with E-state index in [1.54, 1.807) is 30.5 Å². The Hall–Kier alpha value is -3.32. The van der Waals surface area contributed by atoms with Crippen molar-refractivity contribution in [2.24, 2.45) is 5.92 Å². The van der Waals surface area contributed by atoms with Gasteiger partial charge in [0.05, 0.1) is 36.2 Å². The van der Waals surface area contributed by atoms with E-state index in [1.807, 2.05) is 19.1 Å². The van der Waals surface area contributed by atoms with Crippen molar-refractivity contribution in [2.75, 3.05) is 6.61 Å². The molecule has 0 saturated carbocycles. The maximum absolute atomic E-state index is 14.1. The fourth-order valence-electron chi connectivity index (χ4n) is 3.61. The molecule has 0 bridgehead atoms. The quantitative estimate of drug-likeness (QED) is 0.528. The van der Waals surface area contributed by atoms with E-state index in [0.717, 1.165) is 22.3 Å². The summed E-state index contributed by atoms with van der Waals surface area (Å²) in [5.74, 6) is -0.873. The fraction of sp³-hybridized carbons (Fsp3) is 0.190. The van der Waals surface area contributed by atoms with Crippen LogP contribution in [0.4, 0.5) is 4.39 Å². The zero-order valence-corrected chi connectivity index (χ0v) is 15.1. The maximum Gasteiger partial charge on any atom is 0.187 e. The highest BCUT2D eigenvalue weighted by Crippen LogP contribution is 2.39. The minimum atomic E-state index is -0.558. The van der Waals surface area contributed by atoms with E-state index in [2.05, 4.69) is 20.2 Å². The first-order chi connectivity index (χ1) is 13.6.